The normalized spacial score (nSPS) is 14.0. The van der Waals surface area contributed by atoms with E-state index in [-0.39, 0.29) is 39.2 Å². The first-order chi connectivity index (χ1) is 15.5. The van der Waals surface area contributed by atoms with Crippen molar-refractivity contribution < 1.29 is 28.5 Å². The number of phenolic OH excluding ortho intramolecular Hbond substituents is 1. The molecule has 0 fully saturated rings. The topological polar surface area (TPSA) is 95.2 Å². The number of carbonyl (C=O) groups excluding carboxylic acids is 1. The Morgan fingerprint density at radius 1 is 1.15 bits per heavy atom. The van der Waals surface area contributed by atoms with E-state index >= 15 is 0 Å². The molecule has 0 bridgehead atoms. The van der Waals surface area contributed by atoms with Gasteiger partial charge in [-0.3, -0.25) is 9.59 Å². The average molecular weight is 450 g/mol. The summed E-state index contributed by atoms with van der Waals surface area (Å²) in [7, 11) is 1.45. The summed E-state index contributed by atoms with van der Waals surface area (Å²) in [6.07, 6.45) is 5.84. The highest BCUT2D eigenvalue weighted by molar-refractivity contribution is 5.99. The quantitative estimate of drug-likeness (QED) is 0.250. The van der Waals surface area contributed by atoms with Crippen LogP contribution in [0.1, 0.15) is 45.7 Å². The van der Waals surface area contributed by atoms with E-state index in [0.29, 0.717) is 23.3 Å². The van der Waals surface area contributed by atoms with Gasteiger partial charge >= 0.3 is 5.97 Å². The van der Waals surface area contributed by atoms with Crippen molar-refractivity contribution in [1.82, 2.24) is 0 Å². The van der Waals surface area contributed by atoms with Gasteiger partial charge in [0.15, 0.2) is 11.5 Å². The first kappa shape index (κ1) is 22.5. The molecule has 1 N–H and O–H groups in total. The Kier molecular flexibility index (Phi) is 5.44. The second-order valence-electron chi connectivity index (χ2n) is 8.82. The first-order valence-corrected chi connectivity index (χ1v) is 10.6. The molecule has 0 spiro atoms. The van der Waals surface area contributed by atoms with E-state index in [1.807, 2.05) is 39.8 Å². The zero-order valence-corrected chi connectivity index (χ0v) is 19.5. The first-order valence-electron chi connectivity index (χ1n) is 10.6. The minimum Gasteiger partial charge on any atom is -0.506 e. The predicted molar refractivity (Wildman–Crippen MR) is 126 cm³/mol. The highest BCUT2D eigenvalue weighted by Crippen LogP contribution is 2.43. The lowest BCUT2D eigenvalue weighted by Gasteiger charge is -2.28. The van der Waals surface area contributed by atoms with Gasteiger partial charge in [-0.15, -0.1) is 0 Å². The summed E-state index contributed by atoms with van der Waals surface area (Å²) in [5.74, 6) is 0.0941. The molecule has 7 nitrogen and oxygen atoms in total. The van der Waals surface area contributed by atoms with Crippen LogP contribution >= 0.6 is 0 Å². The molecule has 3 aromatic rings. The Morgan fingerprint density at radius 2 is 1.85 bits per heavy atom. The van der Waals surface area contributed by atoms with Gasteiger partial charge in [-0.1, -0.05) is 11.6 Å². The van der Waals surface area contributed by atoms with Crippen molar-refractivity contribution in [3.8, 4) is 23.0 Å². The Hall–Kier alpha value is -3.74. The van der Waals surface area contributed by atoms with E-state index in [1.54, 1.807) is 12.1 Å². The number of hydrogen-bond donors (Lipinski definition) is 1. The maximum atomic E-state index is 13.7. The van der Waals surface area contributed by atoms with Gasteiger partial charge in [0.05, 0.1) is 18.1 Å². The highest BCUT2D eigenvalue weighted by atomic mass is 16.6. The third-order valence-electron chi connectivity index (χ3n) is 5.44. The number of benzene rings is 2. The van der Waals surface area contributed by atoms with Crippen molar-refractivity contribution in [2.24, 2.45) is 0 Å². The number of rotatable bonds is 4. The second kappa shape index (κ2) is 7.99. The van der Waals surface area contributed by atoms with Crippen molar-refractivity contribution in [3.63, 3.8) is 0 Å². The lowest BCUT2D eigenvalue weighted by Crippen LogP contribution is -2.27. The zero-order chi connectivity index (χ0) is 24.1. The van der Waals surface area contributed by atoms with Crippen molar-refractivity contribution in [3.05, 3.63) is 51.2 Å². The van der Waals surface area contributed by atoms with E-state index in [2.05, 4.69) is 0 Å². The predicted octanol–water partition coefficient (Wildman–Crippen LogP) is 5.28. The molecule has 2 heterocycles. The van der Waals surface area contributed by atoms with E-state index in [0.717, 1.165) is 5.57 Å². The summed E-state index contributed by atoms with van der Waals surface area (Å²) in [5.41, 5.74) is 1.37. The Bertz CT molecular complexity index is 1420. The number of aromatic hydroxyl groups is 1. The second-order valence-corrected chi connectivity index (χ2v) is 8.82. The molecule has 0 saturated heterocycles. The molecule has 172 valence electrons. The van der Waals surface area contributed by atoms with E-state index in [1.165, 1.54) is 20.1 Å². The minimum absolute atomic E-state index is 0.0509. The molecule has 0 unspecified atom stereocenters. The maximum absolute atomic E-state index is 13.7. The summed E-state index contributed by atoms with van der Waals surface area (Å²) >= 11 is 0. The van der Waals surface area contributed by atoms with Gasteiger partial charge in [0.25, 0.3) is 0 Å². The fourth-order valence-electron chi connectivity index (χ4n) is 3.98. The average Bonchev–Trinajstić information content (AvgIpc) is 2.70. The molecule has 1 aliphatic rings. The van der Waals surface area contributed by atoms with E-state index in [4.69, 9.17) is 18.6 Å². The lowest BCUT2D eigenvalue weighted by molar-refractivity contribution is -0.132. The number of phenols is 1. The van der Waals surface area contributed by atoms with Crippen molar-refractivity contribution in [2.45, 2.75) is 46.6 Å². The Labute approximate surface area is 190 Å². The van der Waals surface area contributed by atoms with Gasteiger partial charge in [0, 0.05) is 24.6 Å². The number of allylic oxidation sites excluding steroid dienone is 2. The third-order valence-corrected chi connectivity index (χ3v) is 5.44. The maximum Gasteiger partial charge on any atom is 0.308 e. The standard InChI is InChI=1S/C26H26O7/c1-13(2)7-8-16-21-18(12-20(25(16)30-6)31-14(3)27)32-19-11-17-15(9-10-26(4,5)33-17)23(28)22(19)24(21)29/h7,9-12,28H,8H2,1-6H3. The molecular formula is C26H26O7. The molecule has 0 amide bonds. The van der Waals surface area contributed by atoms with Crippen LogP contribution in [-0.4, -0.2) is 23.8 Å². The molecular weight excluding hydrogens is 424 g/mol. The number of methoxy groups -OCH3 is 1. The molecule has 0 aliphatic carbocycles. The summed E-state index contributed by atoms with van der Waals surface area (Å²) in [4.78, 5) is 25.4. The summed E-state index contributed by atoms with van der Waals surface area (Å²) < 4.78 is 22.9. The molecule has 0 atom stereocenters. The van der Waals surface area contributed by atoms with Crippen molar-refractivity contribution >= 4 is 34.0 Å². The van der Waals surface area contributed by atoms with Crippen LogP contribution in [0.2, 0.25) is 0 Å². The molecule has 33 heavy (non-hydrogen) atoms. The molecule has 0 radical (unpaired) electrons. The van der Waals surface area contributed by atoms with Crippen molar-refractivity contribution in [1.29, 1.82) is 0 Å². The molecule has 1 aromatic heterocycles. The summed E-state index contributed by atoms with van der Waals surface area (Å²) in [6, 6.07) is 3.06. The number of carbonyl (C=O) groups is 1. The fraction of sp³-hybridized carbons (Fsp3) is 0.308. The molecule has 1 aliphatic heterocycles. The molecule has 0 saturated carbocycles. The van der Waals surface area contributed by atoms with Gasteiger partial charge in [0.2, 0.25) is 5.43 Å². The van der Waals surface area contributed by atoms with Crippen LogP contribution in [0.25, 0.3) is 28.0 Å². The SMILES string of the molecule is COc1c(OC(C)=O)cc2oc3cc4c(c(O)c3c(=O)c2c1CC=C(C)C)C=CC(C)(C)O4. The lowest BCUT2D eigenvalue weighted by atomic mass is 9.97. The van der Waals surface area contributed by atoms with E-state index < -0.39 is 17.0 Å². The molecule has 2 aromatic carbocycles. The van der Waals surface area contributed by atoms with E-state index in [9.17, 15) is 14.7 Å². The van der Waals surface area contributed by atoms with Crippen LogP contribution < -0.4 is 19.6 Å². The van der Waals surface area contributed by atoms with Gasteiger partial charge in [0.1, 0.15) is 33.7 Å². The van der Waals surface area contributed by atoms with Gasteiger partial charge in [-0.2, -0.15) is 0 Å². The largest absolute Gasteiger partial charge is 0.506 e. The van der Waals surface area contributed by atoms with Crippen molar-refractivity contribution in [2.75, 3.05) is 7.11 Å². The number of esters is 1. The Morgan fingerprint density at radius 3 is 2.48 bits per heavy atom. The number of hydrogen-bond acceptors (Lipinski definition) is 7. The fourth-order valence-corrected chi connectivity index (χ4v) is 3.98. The summed E-state index contributed by atoms with van der Waals surface area (Å²) in [5, 5.41) is 11.3. The number of ether oxygens (including phenoxy) is 3. The van der Waals surface area contributed by atoms with Crippen LogP contribution in [0.5, 0.6) is 23.0 Å². The van der Waals surface area contributed by atoms with Gasteiger partial charge < -0.3 is 23.7 Å². The Balaban J connectivity index is 2.13. The third kappa shape index (κ3) is 3.95. The van der Waals surface area contributed by atoms with Crippen LogP contribution in [0.4, 0.5) is 0 Å². The van der Waals surface area contributed by atoms with Crippen LogP contribution in [0.15, 0.2) is 39.1 Å². The zero-order valence-electron chi connectivity index (χ0n) is 19.5. The van der Waals surface area contributed by atoms with Gasteiger partial charge in [-0.25, -0.2) is 0 Å². The summed E-state index contributed by atoms with van der Waals surface area (Å²) in [6.45, 7) is 8.94. The highest BCUT2D eigenvalue weighted by Gasteiger charge is 2.28. The van der Waals surface area contributed by atoms with Crippen LogP contribution in [0.3, 0.4) is 0 Å². The number of fused-ring (bicyclic) bond motifs is 3. The smallest absolute Gasteiger partial charge is 0.308 e. The molecule has 4 rings (SSSR count). The minimum atomic E-state index is -0.572. The van der Waals surface area contributed by atoms with Crippen LogP contribution in [-0.2, 0) is 11.2 Å². The van der Waals surface area contributed by atoms with Gasteiger partial charge in [-0.05, 0) is 46.3 Å². The monoisotopic (exact) mass is 450 g/mol. The van der Waals surface area contributed by atoms with Crippen LogP contribution in [0, 0.1) is 0 Å². The molecule has 7 heteroatoms.